The number of halogens is 4. The summed E-state index contributed by atoms with van der Waals surface area (Å²) in [4.78, 5) is 11.4. The zero-order valence-corrected chi connectivity index (χ0v) is 16.7. The topological polar surface area (TPSA) is 55.1 Å². The molecule has 3 aromatic rings. The minimum atomic E-state index is -1.09. The van der Waals surface area contributed by atoms with Crippen molar-refractivity contribution in [1.29, 1.82) is 0 Å². The molecule has 1 N–H and O–H groups in total. The maximum atomic E-state index is 11.4. The van der Waals surface area contributed by atoms with E-state index in [0.29, 0.717) is 32.0 Å². The molecule has 0 saturated carbocycles. The quantitative estimate of drug-likeness (QED) is 0.519. The average Bonchev–Trinajstić information content (AvgIpc) is 2.81. The van der Waals surface area contributed by atoms with E-state index < -0.39 is 5.97 Å². The summed E-state index contributed by atoms with van der Waals surface area (Å²) in [5, 5.41) is 15.2. The van der Waals surface area contributed by atoms with Crippen LogP contribution in [0.25, 0.3) is 16.8 Å². The summed E-state index contributed by atoms with van der Waals surface area (Å²) >= 11 is 24.6. The Labute approximate surface area is 169 Å². The van der Waals surface area contributed by atoms with Crippen molar-refractivity contribution in [3.05, 3.63) is 67.4 Å². The van der Waals surface area contributed by atoms with Gasteiger partial charge in [0.15, 0.2) is 0 Å². The van der Waals surface area contributed by atoms with Gasteiger partial charge in [0.1, 0.15) is 5.69 Å². The third-order valence-corrected chi connectivity index (χ3v) is 5.09. The van der Waals surface area contributed by atoms with Crippen LogP contribution in [0.1, 0.15) is 21.7 Å². The molecule has 0 saturated heterocycles. The summed E-state index contributed by atoms with van der Waals surface area (Å²) in [6.07, 6.45) is 0. The molecule has 2 aromatic carbocycles. The van der Waals surface area contributed by atoms with E-state index in [1.165, 1.54) is 6.07 Å². The Morgan fingerprint density at radius 2 is 1.62 bits per heavy atom. The van der Waals surface area contributed by atoms with Gasteiger partial charge >= 0.3 is 5.97 Å². The first-order valence-corrected chi connectivity index (χ1v) is 8.96. The number of nitrogens with zero attached hydrogens (tertiary/aromatic N) is 2. The normalized spacial score (nSPS) is 11.0. The van der Waals surface area contributed by atoms with E-state index in [1.54, 1.807) is 28.9 Å². The molecule has 1 heterocycles. The Kier molecular flexibility index (Phi) is 5.22. The van der Waals surface area contributed by atoms with E-state index >= 15 is 0 Å². The Hall–Kier alpha value is -1.72. The van der Waals surface area contributed by atoms with Crippen LogP contribution in [0.5, 0.6) is 0 Å². The van der Waals surface area contributed by atoms with Gasteiger partial charge in [-0.1, -0.05) is 52.5 Å². The van der Waals surface area contributed by atoms with E-state index in [-0.39, 0.29) is 10.6 Å². The lowest BCUT2D eigenvalue weighted by atomic mass is 10.0. The van der Waals surface area contributed by atoms with Gasteiger partial charge in [-0.15, -0.1) is 0 Å². The lowest BCUT2D eigenvalue weighted by molar-refractivity contribution is 0.0697. The van der Waals surface area contributed by atoms with Crippen LogP contribution in [0.2, 0.25) is 20.1 Å². The summed E-state index contributed by atoms with van der Waals surface area (Å²) in [7, 11) is 0. The molecule has 0 atom stereocenters. The maximum absolute atomic E-state index is 11.4. The highest BCUT2D eigenvalue weighted by molar-refractivity contribution is 6.40. The number of aromatic nitrogens is 2. The monoisotopic (exact) mass is 428 g/mol. The van der Waals surface area contributed by atoms with E-state index in [1.807, 2.05) is 13.8 Å². The van der Waals surface area contributed by atoms with Crippen molar-refractivity contribution in [1.82, 2.24) is 9.78 Å². The molecule has 0 aliphatic heterocycles. The first-order chi connectivity index (χ1) is 12.2. The Morgan fingerprint density at radius 3 is 2.19 bits per heavy atom. The van der Waals surface area contributed by atoms with Crippen LogP contribution < -0.4 is 0 Å². The molecule has 0 spiro atoms. The lowest BCUT2D eigenvalue weighted by Gasteiger charge is -2.11. The lowest BCUT2D eigenvalue weighted by Crippen LogP contribution is -2.01. The van der Waals surface area contributed by atoms with E-state index in [2.05, 4.69) is 5.10 Å². The molecular formula is C18H12Cl4N2O2. The highest BCUT2D eigenvalue weighted by Gasteiger charge is 2.20. The minimum Gasteiger partial charge on any atom is -0.478 e. The first kappa shape index (κ1) is 19.1. The second-order valence-corrected chi connectivity index (χ2v) is 7.33. The molecule has 4 nitrogen and oxygen atoms in total. The molecule has 0 amide bonds. The van der Waals surface area contributed by atoms with Crippen LogP contribution >= 0.6 is 46.4 Å². The highest BCUT2D eigenvalue weighted by Crippen LogP contribution is 2.36. The number of aryl methyl sites for hydroxylation is 1. The Bertz CT molecular complexity index is 1020. The SMILES string of the molecule is Cc1nn(-c2c(Cl)cc(Cl)cc2Cl)c(C)c1-c1ccc(Cl)c(C(=O)O)c1. The van der Waals surface area contributed by atoms with E-state index in [4.69, 9.17) is 46.4 Å². The molecule has 8 heteroatoms. The highest BCUT2D eigenvalue weighted by atomic mass is 35.5. The molecule has 0 unspecified atom stereocenters. The van der Waals surface area contributed by atoms with Crippen molar-refractivity contribution in [2.75, 3.05) is 0 Å². The van der Waals surface area contributed by atoms with Crippen LogP contribution in [0.4, 0.5) is 0 Å². The van der Waals surface area contributed by atoms with Gasteiger partial charge in [0.2, 0.25) is 0 Å². The van der Waals surface area contributed by atoms with Crippen molar-refractivity contribution in [2.45, 2.75) is 13.8 Å². The third-order valence-electron chi connectivity index (χ3n) is 3.97. The van der Waals surface area contributed by atoms with Gasteiger partial charge in [-0.2, -0.15) is 5.10 Å². The second kappa shape index (κ2) is 7.12. The largest absolute Gasteiger partial charge is 0.478 e. The molecule has 0 fully saturated rings. The van der Waals surface area contributed by atoms with Crippen molar-refractivity contribution < 1.29 is 9.90 Å². The molecule has 0 aliphatic carbocycles. The summed E-state index contributed by atoms with van der Waals surface area (Å²) in [6.45, 7) is 3.68. The van der Waals surface area contributed by atoms with Crippen molar-refractivity contribution >= 4 is 52.4 Å². The minimum absolute atomic E-state index is 0.0262. The summed E-state index contributed by atoms with van der Waals surface area (Å²) in [5.41, 5.74) is 3.46. The first-order valence-electron chi connectivity index (χ1n) is 7.45. The van der Waals surface area contributed by atoms with Crippen LogP contribution in [-0.2, 0) is 0 Å². The standard InChI is InChI=1S/C18H12Cl4N2O2/c1-8-16(10-3-4-13(20)12(5-10)18(25)26)9(2)24(23-8)17-14(21)6-11(19)7-15(17)22/h3-7H,1-2H3,(H,25,26). The van der Waals surface area contributed by atoms with E-state index in [9.17, 15) is 9.90 Å². The van der Waals surface area contributed by atoms with Gasteiger partial charge in [0.05, 0.1) is 26.3 Å². The van der Waals surface area contributed by atoms with Crippen LogP contribution in [0.3, 0.4) is 0 Å². The third kappa shape index (κ3) is 3.30. The molecule has 0 radical (unpaired) electrons. The van der Waals surface area contributed by atoms with E-state index in [0.717, 1.165) is 11.3 Å². The fraction of sp³-hybridized carbons (Fsp3) is 0.111. The van der Waals surface area contributed by atoms with Gasteiger partial charge in [-0.05, 0) is 43.7 Å². The zero-order chi connectivity index (χ0) is 19.2. The number of carboxylic acid groups (broad SMARTS) is 1. The van der Waals surface area contributed by atoms with Gasteiger partial charge in [0, 0.05) is 16.3 Å². The van der Waals surface area contributed by atoms with Crippen molar-refractivity contribution in [3.63, 3.8) is 0 Å². The number of hydrogen-bond acceptors (Lipinski definition) is 2. The van der Waals surface area contributed by atoms with Crippen LogP contribution in [0.15, 0.2) is 30.3 Å². The molecular weight excluding hydrogens is 418 g/mol. The van der Waals surface area contributed by atoms with Crippen molar-refractivity contribution in [3.8, 4) is 16.8 Å². The smallest absolute Gasteiger partial charge is 0.337 e. The number of carbonyl (C=O) groups is 1. The Balaban J connectivity index is 2.23. The van der Waals surface area contributed by atoms with Gasteiger partial charge in [0.25, 0.3) is 0 Å². The number of carboxylic acids is 1. The molecule has 0 bridgehead atoms. The maximum Gasteiger partial charge on any atom is 0.337 e. The molecule has 0 aliphatic rings. The fourth-order valence-corrected chi connectivity index (χ4v) is 4.04. The second-order valence-electron chi connectivity index (χ2n) is 5.68. The predicted molar refractivity (Wildman–Crippen MR) is 105 cm³/mol. The molecule has 134 valence electrons. The molecule has 3 rings (SSSR count). The van der Waals surface area contributed by atoms with Gasteiger partial charge in [-0.3, -0.25) is 0 Å². The Morgan fingerprint density at radius 1 is 1.00 bits per heavy atom. The number of rotatable bonds is 3. The number of hydrogen-bond donors (Lipinski definition) is 1. The predicted octanol–water partition coefficient (Wildman–Crippen LogP) is 6.47. The van der Waals surface area contributed by atoms with Crippen LogP contribution in [0, 0.1) is 13.8 Å². The number of aromatic carboxylic acids is 1. The number of benzene rings is 2. The average molecular weight is 430 g/mol. The summed E-state index contributed by atoms with van der Waals surface area (Å²) < 4.78 is 1.63. The van der Waals surface area contributed by atoms with Crippen molar-refractivity contribution in [2.24, 2.45) is 0 Å². The molecule has 26 heavy (non-hydrogen) atoms. The van der Waals surface area contributed by atoms with Crippen LogP contribution in [-0.4, -0.2) is 20.9 Å². The van der Waals surface area contributed by atoms with Gasteiger partial charge in [-0.25, -0.2) is 9.48 Å². The summed E-state index contributed by atoms with van der Waals surface area (Å²) in [5.74, 6) is -1.09. The van der Waals surface area contributed by atoms with Gasteiger partial charge < -0.3 is 5.11 Å². The summed E-state index contributed by atoms with van der Waals surface area (Å²) in [6, 6.07) is 8.01. The fourth-order valence-electron chi connectivity index (χ4n) is 2.86. The molecule has 1 aromatic heterocycles. The zero-order valence-electron chi connectivity index (χ0n) is 13.6.